The van der Waals surface area contributed by atoms with Crippen LogP contribution in [0, 0.1) is 17.7 Å². The predicted molar refractivity (Wildman–Crippen MR) is 88.4 cm³/mol. The average Bonchev–Trinajstić information content (AvgIpc) is 2.97. The summed E-state index contributed by atoms with van der Waals surface area (Å²) in [6, 6.07) is 4.44. The maximum Gasteiger partial charge on any atom is 0.410 e. The maximum atomic E-state index is 13.5. The molecule has 2 atom stereocenters. The first-order valence-corrected chi connectivity index (χ1v) is 8.28. The van der Waals surface area contributed by atoms with Gasteiger partial charge < -0.3 is 14.5 Å². The molecule has 3 rings (SSSR count). The molecule has 2 heterocycles. The third kappa shape index (κ3) is 3.55. The summed E-state index contributed by atoms with van der Waals surface area (Å²) in [5.41, 5.74) is 0.264. The molecule has 1 aromatic rings. The molecule has 0 aromatic heterocycles. The number of hydrogen-bond donors (Lipinski definition) is 0. The van der Waals surface area contributed by atoms with E-state index in [1.807, 2.05) is 20.8 Å². The summed E-state index contributed by atoms with van der Waals surface area (Å²) in [5, 5.41) is 0.565. The monoisotopic (exact) mass is 340 g/mol. The molecule has 1 aromatic carbocycles. The SMILES string of the molecule is CC(C)(C)OC(=O)N1CC2CN(c3cc(F)ccc3Cl)CC2C1. The Bertz CT molecular complexity index is 603. The Labute approximate surface area is 141 Å². The third-order valence-corrected chi connectivity index (χ3v) is 4.71. The first-order valence-electron chi connectivity index (χ1n) is 7.91. The summed E-state index contributed by atoms with van der Waals surface area (Å²) in [6.07, 6.45) is -0.248. The van der Waals surface area contributed by atoms with Crippen LogP contribution in [0.1, 0.15) is 20.8 Å². The van der Waals surface area contributed by atoms with Crippen LogP contribution in [0.15, 0.2) is 18.2 Å². The highest BCUT2D eigenvalue weighted by Gasteiger charge is 2.43. The van der Waals surface area contributed by atoms with E-state index in [4.69, 9.17) is 16.3 Å². The lowest BCUT2D eigenvalue weighted by Gasteiger charge is -2.26. The van der Waals surface area contributed by atoms with Crippen LogP contribution < -0.4 is 4.90 Å². The van der Waals surface area contributed by atoms with Crippen molar-refractivity contribution in [2.45, 2.75) is 26.4 Å². The molecule has 0 radical (unpaired) electrons. The predicted octanol–water partition coefficient (Wildman–Crippen LogP) is 3.78. The fourth-order valence-corrected chi connectivity index (χ4v) is 3.63. The summed E-state index contributed by atoms with van der Waals surface area (Å²) in [7, 11) is 0. The number of hydrogen-bond acceptors (Lipinski definition) is 3. The Balaban J connectivity index is 1.63. The van der Waals surface area contributed by atoms with Gasteiger partial charge in [0.05, 0.1) is 10.7 Å². The van der Waals surface area contributed by atoms with E-state index < -0.39 is 5.60 Å². The first kappa shape index (κ1) is 16.4. The molecule has 23 heavy (non-hydrogen) atoms. The van der Waals surface area contributed by atoms with Crippen molar-refractivity contribution < 1.29 is 13.9 Å². The maximum absolute atomic E-state index is 13.5. The van der Waals surface area contributed by atoms with Crippen LogP contribution in [0.2, 0.25) is 5.02 Å². The average molecular weight is 341 g/mol. The highest BCUT2D eigenvalue weighted by Crippen LogP contribution is 2.37. The lowest BCUT2D eigenvalue weighted by atomic mass is 10.0. The van der Waals surface area contributed by atoms with Crippen molar-refractivity contribution in [3.8, 4) is 0 Å². The van der Waals surface area contributed by atoms with Gasteiger partial charge in [0.1, 0.15) is 11.4 Å². The second kappa shape index (κ2) is 5.86. The van der Waals surface area contributed by atoms with E-state index in [9.17, 15) is 9.18 Å². The molecule has 0 N–H and O–H groups in total. The largest absolute Gasteiger partial charge is 0.444 e. The molecule has 6 heteroatoms. The smallest absolute Gasteiger partial charge is 0.410 e. The third-order valence-electron chi connectivity index (χ3n) is 4.39. The molecule has 2 aliphatic rings. The standard InChI is InChI=1S/C17H22ClFN2O2/c1-17(2,3)23-16(22)21-9-11-7-20(8-12(11)10-21)15-6-13(19)4-5-14(15)18/h4-6,11-12H,7-10H2,1-3H3. The number of benzene rings is 1. The molecule has 0 spiro atoms. The van der Waals surface area contributed by atoms with Crippen molar-refractivity contribution in [3.63, 3.8) is 0 Å². The van der Waals surface area contributed by atoms with Crippen molar-refractivity contribution in [1.29, 1.82) is 0 Å². The van der Waals surface area contributed by atoms with Crippen LogP contribution in [0.4, 0.5) is 14.9 Å². The van der Waals surface area contributed by atoms with E-state index in [0.717, 1.165) is 18.8 Å². The van der Waals surface area contributed by atoms with Gasteiger partial charge in [-0.3, -0.25) is 0 Å². The van der Waals surface area contributed by atoms with Gasteiger partial charge in [0.15, 0.2) is 0 Å². The number of ether oxygens (including phenoxy) is 1. The van der Waals surface area contributed by atoms with E-state index in [2.05, 4.69) is 4.90 Å². The Hall–Kier alpha value is -1.49. The van der Waals surface area contributed by atoms with Crippen LogP contribution in [0.5, 0.6) is 0 Å². The lowest BCUT2D eigenvalue weighted by Crippen LogP contribution is -2.37. The quantitative estimate of drug-likeness (QED) is 0.780. The summed E-state index contributed by atoms with van der Waals surface area (Å²) in [6.45, 7) is 8.55. The second-order valence-corrected chi connectivity index (χ2v) is 7.81. The molecule has 4 nitrogen and oxygen atoms in total. The fourth-order valence-electron chi connectivity index (χ4n) is 3.39. The fraction of sp³-hybridized carbons (Fsp3) is 0.588. The van der Waals surface area contributed by atoms with Crippen molar-refractivity contribution in [3.05, 3.63) is 29.0 Å². The molecule has 1 amide bonds. The van der Waals surface area contributed by atoms with Gasteiger partial charge in [0, 0.05) is 38.0 Å². The number of carbonyl (C=O) groups excluding carboxylic acids is 1. The topological polar surface area (TPSA) is 32.8 Å². The van der Waals surface area contributed by atoms with Crippen LogP contribution >= 0.6 is 11.6 Å². The van der Waals surface area contributed by atoms with Crippen LogP contribution in [0.3, 0.4) is 0 Å². The molecule has 2 aliphatic heterocycles. The van der Waals surface area contributed by atoms with Gasteiger partial charge in [0.25, 0.3) is 0 Å². The van der Waals surface area contributed by atoms with Crippen LogP contribution in [0.25, 0.3) is 0 Å². The lowest BCUT2D eigenvalue weighted by molar-refractivity contribution is 0.0282. The van der Waals surface area contributed by atoms with Gasteiger partial charge in [-0.25, -0.2) is 9.18 Å². The van der Waals surface area contributed by atoms with Gasteiger partial charge in [-0.1, -0.05) is 11.6 Å². The number of likely N-dealkylation sites (tertiary alicyclic amines) is 1. The summed E-state index contributed by atoms with van der Waals surface area (Å²) < 4.78 is 18.9. The van der Waals surface area contributed by atoms with E-state index >= 15 is 0 Å². The van der Waals surface area contributed by atoms with Crippen LogP contribution in [-0.4, -0.2) is 42.8 Å². The Morgan fingerprint density at radius 3 is 2.39 bits per heavy atom. The normalized spacial score (nSPS) is 24.0. The minimum atomic E-state index is -0.476. The number of halogens is 2. The summed E-state index contributed by atoms with van der Waals surface area (Å²) in [5.74, 6) is 0.473. The summed E-state index contributed by atoms with van der Waals surface area (Å²) >= 11 is 6.19. The Morgan fingerprint density at radius 2 is 1.83 bits per heavy atom. The minimum absolute atomic E-state index is 0.248. The zero-order valence-electron chi connectivity index (χ0n) is 13.7. The van der Waals surface area contributed by atoms with Crippen molar-refractivity contribution >= 4 is 23.4 Å². The zero-order chi connectivity index (χ0) is 16.8. The molecular formula is C17H22ClFN2O2. The molecule has 126 valence electrons. The Morgan fingerprint density at radius 1 is 1.22 bits per heavy atom. The van der Waals surface area contributed by atoms with E-state index in [0.29, 0.717) is 29.9 Å². The zero-order valence-corrected chi connectivity index (χ0v) is 14.4. The van der Waals surface area contributed by atoms with Gasteiger partial charge in [-0.05, 0) is 39.0 Å². The molecular weight excluding hydrogens is 319 g/mol. The number of rotatable bonds is 1. The molecule has 2 saturated heterocycles. The number of fused-ring (bicyclic) bond motifs is 1. The van der Waals surface area contributed by atoms with Crippen LogP contribution in [-0.2, 0) is 4.74 Å². The van der Waals surface area contributed by atoms with Crippen molar-refractivity contribution in [2.24, 2.45) is 11.8 Å². The number of anilines is 1. The van der Waals surface area contributed by atoms with Gasteiger partial charge >= 0.3 is 6.09 Å². The molecule has 0 bridgehead atoms. The second-order valence-electron chi connectivity index (χ2n) is 7.41. The first-order chi connectivity index (χ1) is 10.7. The minimum Gasteiger partial charge on any atom is -0.444 e. The van der Waals surface area contributed by atoms with Gasteiger partial charge in [0.2, 0.25) is 0 Å². The van der Waals surface area contributed by atoms with Crippen molar-refractivity contribution in [2.75, 3.05) is 31.1 Å². The van der Waals surface area contributed by atoms with E-state index in [1.54, 1.807) is 11.0 Å². The molecule has 2 unspecified atom stereocenters. The number of amides is 1. The molecule has 2 fully saturated rings. The van der Waals surface area contributed by atoms with Gasteiger partial charge in [-0.15, -0.1) is 0 Å². The van der Waals surface area contributed by atoms with E-state index in [1.165, 1.54) is 12.1 Å². The number of nitrogens with zero attached hydrogens (tertiary/aromatic N) is 2. The highest BCUT2D eigenvalue weighted by molar-refractivity contribution is 6.33. The summed E-state index contributed by atoms with van der Waals surface area (Å²) in [4.78, 5) is 16.1. The highest BCUT2D eigenvalue weighted by atomic mass is 35.5. The van der Waals surface area contributed by atoms with Crippen molar-refractivity contribution in [1.82, 2.24) is 4.90 Å². The molecule has 0 saturated carbocycles. The number of carbonyl (C=O) groups is 1. The van der Waals surface area contributed by atoms with Gasteiger partial charge in [-0.2, -0.15) is 0 Å². The van der Waals surface area contributed by atoms with E-state index in [-0.39, 0.29) is 11.9 Å². The molecule has 0 aliphatic carbocycles. The Kier molecular flexibility index (Phi) is 4.17.